The highest BCUT2D eigenvalue weighted by molar-refractivity contribution is 6.04. The molecule has 1 rings (SSSR count). The molecule has 1 amide bonds. The number of hydrogen-bond acceptors (Lipinski definition) is 2. The van der Waals surface area contributed by atoms with E-state index in [1.807, 2.05) is 0 Å². The summed E-state index contributed by atoms with van der Waals surface area (Å²) < 4.78 is 12.7. The van der Waals surface area contributed by atoms with E-state index in [9.17, 15) is 9.18 Å². The number of amides is 1. The molecular weight excluding hydrogens is 183 g/mol. The van der Waals surface area contributed by atoms with Gasteiger partial charge in [-0.3, -0.25) is 4.79 Å². The average molecular weight is 194 g/mol. The summed E-state index contributed by atoms with van der Waals surface area (Å²) in [5.41, 5.74) is 0.690. The third-order valence-corrected chi connectivity index (χ3v) is 1.53. The lowest BCUT2D eigenvalue weighted by Crippen LogP contribution is -2.14. The molecule has 1 aromatic rings. The Balaban J connectivity index is 2.60. The number of hydrogen-bond donors (Lipinski definition) is 2. The smallest absolute Gasteiger partial charge is 0.230 e. The van der Waals surface area contributed by atoms with E-state index in [1.54, 1.807) is 13.0 Å². The van der Waals surface area contributed by atoms with Crippen LogP contribution in [0, 0.1) is 11.2 Å². The molecule has 0 saturated carbocycles. The first-order valence-electron chi connectivity index (χ1n) is 4.17. The van der Waals surface area contributed by atoms with E-state index in [2.05, 4.69) is 5.32 Å². The number of carbonyl (C=O) groups excluding carboxylic acids is 1. The summed E-state index contributed by atoms with van der Waals surface area (Å²) >= 11 is 0. The van der Waals surface area contributed by atoms with Crippen molar-refractivity contribution in [3.8, 4) is 0 Å². The minimum Gasteiger partial charge on any atom is -0.326 e. The summed E-state index contributed by atoms with van der Waals surface area (Å²) in [6, 6.07) is 5.65. The van der Waals surface area contributed by atoms with Gasteiger partial charge in [-0.1, -0.05) is 6.07 Å². The summed E-state index contributed by atoms with van der Waals surface area (Å²) in [6.07, 6.45) is 0.0382. The third kappa shape index (κ3) is 3.35. The van der Waals surface area contributed by atoms with Crippen molar-refractivity contribution in [2.24, 2.45) is 0 Å². The summed E-state index contributed by atoms with van der Waals surface area (Å²) in [4.78, 5) is 11.2. The maximum Gasteiger partial charge on any atom is 0.230 e. The molecule has 0 fully saturated rings. The van der Waals surface area contributed by atoms with Gasteiger partial charge in [0.05, 0.1) is 6.42 Å². The normalized spacial score (nSPS) is 9.57. The molecule has 0 aliphatic carbocycles. The molecule has 14 heavy (non-hydrogen) atoms. The Labute approximate surface area is 81.5 Å². The summed E-state index contributed by atoms with van der Waals surface area (Å²) in [5, 5.41) is 9.59. The van der Waals surface area contributed by atoms with E-state index in [1.165, 1.54) is 18.2 Å². The molecule has 74 valence electrons. The zero-order valence-corrected chi connectivity index (χ0v) is 7.80. The number of anilines is 1. The molecule has 0 unspecified atom stereocenters. The standard InChI is InChI=1S/C10H11FN2O/c1-7(12)5-10(14)13-9-4-2-3-8(11)6-9/h2-4,6,12H,5H2,1H3,(H,13,14). The molecule has 0 saturated heterocycles. The lowest BCUT2D eigenvalue weighted by molar-refractivity contribution is -0.115. The van der Waals surface area contributed by atoms with E-state index in [-0.39, 0.29) is 18.0 Å². The monoisotopic (exact) mass is 194 g/mol. The van der Waals surface area contributed by atoms with Gasteiger partial charge in [-0.2, -0.15) is 0 Å². The van der Waals surface area contributed by atoms with E-state index < -0.39 is 5.82 Å². The van der Waals surface area contributed by atoms with E-state index >= 15 is 0 Å². The summed E-state index contributed by atoms with van der Waals surface area (Å²) in [6.45, 7) is 1.55. The van der Waals surface area contributed by atoms with Gasteiger partial charge in [-0.15, -0.1) is 0 Å². The molecular formula is C10H11FN2O. The predicted molar refractivity (Wildman–Crippen MR) is 53.0 cm³/mol. The van der Waals surface area contributed by atoms with Gasteiger partial charge in [0, 0.05) is 11.4 Å². The second-order valence-corrected chi connectivity index (χ2v) is 3.02. The number of nitrogens with one attached hydrogen (secondary N) is 2. The van der Waals surface area contributed by atoms with Crippen LogP contribution in [-0.2, 0) is 4.79 Å². The number of benzene rings is 1. The van der Waals surface area contributed by atoms with Crippen molar-refractivity contribution in [3.63, 3.8) is 0 Å². The lowest BCUT2D eigenvalue weighted by Gasteiger charge is -2.03. The molecule has 0 bridgehead atoms. The van der Waals surface area contributed by atoms with Gasteiger partial charge in [-0.25, -0.2) is 4.39 Å². The van der Waals surface area contributed by atoms with Crippen LogP contribution < -0.4 is 5.32 Å². The molecule has 0 aliphatic rings. The van der Waals surface area contributed by atoms with Crippen LogP contribution in [0.1, 0.15) is 13.3 Å². The molecule has 3 nitrogen and oxygen atoms in total. The maximum atomic E-state index is 12.7. The fraction of sp³-hybridized carbons (Fsp3) is 0.200. The minimum absolute atomic E-state index is 0.0382. The molecule has 0 radical (unpaired) electrons. The molecule has 1 aromatic carbocycles. The van der Waals surface area contributed by atoms with Crippen LogP contribution in [0.15, 0.2) is 24.3 Å². The van der Waals surface area contributed by atoms with Crippen LogP contribution in [0.25, 0.3) is 0 Å². The molecule has 0 aromatic heterocycles. The third-order valence-electron chi connectivity index (χ3n) is 1.53. The summed E-state index contributed by atoms with van der Waals surface area (Å²) in [5.74, 6) is -0.697. The fourth-order valence-electron chi connectivity index (χ4n) is 1.01. The van der Waals surface area contributed by atoms with Crippen LogP contribution in [-0.4, -0.2) is 11.6 Å². The zero-order chi connectivity index (χ0) is 10.6. The van der Waals surface area contributed by atoms with Gasteiger partial charge in [0.1, 0.15) is 5.82 Å². The quantitative estimate of drug-likeness (QED) is 0.712. The Kier molecular flexibility index (Phi) is 3.34. The molecule has 0 atom stereocenters. The summed E-state index contributed by atoms with van der Waals surface area (Å²) in [7, 11) is 0. The second-order valence-electron chi connectivity index (χ2n) is 3.02. The van der Waals surface area contributed by atoms with Gasteiger partial charge in [-0.05, 0) is 25.1 Å². The van der Waals surface area contributed by atoms with E-state index in [4.69, 9.17) is 5.41 Å². The Morgan fingerprint density at radius 1 is 1.57 bits per heavy atom. The van der Waals surface area contributed by atoms with E-state index in [0.29, 0.717) is 5.69 Å². The first-order valence-corrected chi connectivity index (χ1v) is 4.17. The van der Waals surface area contributed by atoms with Crippen molar-refractivity contribution in [2.75, 3.05) is 5.32 Å². The highest BCUT2D eigenvalue weighted by atomic mass is 19.1. The van der Waals surface area contributed by atoms with Gasteiger partial charge < -0.3 is 10.7 Å². The Hall–Kier alpha value is -1.71. The second kappa shape index (κ2) is 4.50. The Morgan fingerprint density at radius 3 is 2.86 bits per heavy atom. The molecule has 2 N–H and O–H groups in total. The molecule has 0 aliphatic heterocycles. The molecule has 4 heteroatoms. The molecule has 0 spiro atoms. The first-order chi connectivity index (χ1) is 6.58. The first kappa shape index (κ1) is 10.4. The van der Waals surface area contributed by atoms with E-state index in [0.717, 1.165) is 0 Å². The number of carbonyl (C=O) groups is 1. The van der Waals surface area contributed by atoms with Gasteiger partial charge in [0.15, 0.2) is 0 Å². The van der Waals surface area contributed by atoms with Crippen molar-refractivity contribution in [2.45, 2.75) is 13.3 Å². The predicted octanol–water partition coefficient (Wildman–Crippen LogP) is 2.19. The van der Waals surface area contributed by atoms with Crippen LogP contribution >= 0.6 is 0 Å². The van der Waals surface area contributed by atoms with Crippen molar-refractivity contribution in [1.82, 2.24) is 0 Å². The fourth-order valence-corrected chi connectivity index (χ4v) is 1.01. The van der Waals surface area contributed by atoms with Crippen molar-refractivity contribution in [1.29, 1.82) is 5.41 Å². The number of rotatable bonds is 3. The average Bonchev–Trinajstić information content (AvgIpc) is 2.01. The zero-order valence-electron chi connectivity index (χ0n) is 7.80. The Morgan fingerprint density at radius 2 is 2.29 bits per heavy atom. The minimum atomic E-state index is -0.394. The SMILES string of the molecule is CC(=N)CC(=O)Nc1cccc(F)c1. The maximum absolute atomic E-state index is 12.7. The van der Waals surface area contributed by atoms with Crippen molar-refractivity contribution < 1.29 is 9.18 Å². The van der Waals surface area contributed by atoms with Crippen molar-refractivity contribution in [3.05, 3.63) is 30.1 Å². The van der Waals surface area contributed by atoms with Crippen LogP contribution in [0.2, 0.25) is 0 Å². The van der Waals surface area contributed by atoms with Crippen LogP contribution in [0.5, 0.6) is 0 Å². The molecule has 0 heterocycles. The van der Waals surface area contributed by atoms with Gasteiger partial charge in [0.25, 0.3) is 0 Å². The lowest BCUT2D eigenvalue weighted by atomic mass is 10.2. The Bertz CT molecular complexity index is 363. The van der Waals surface area contributed by atoms with Crippen molar-refractivity contribution >= 4 is 17.3 Å². The van der Waals surface area contributed by atoms with Gasteiger partial charge in [0.2, 0.25) is 5.91 Å². The highest BCUT2D eigenvalue weighted by Gasteiger charge is 2.03. The van der Waals surface area contributed by atoms with Crippen LogP contribution in [0.4, 0.5) is 10.1 Å². The largest absolute Gasteiger partial charge is 0.326 e. The topological polar surface area (TPSA) is 53.0 Å². The number of halogens is 1. The van der Waals surface area contributed by atoms with Crippen LogP contribution in [0.3, 0.4) is 0 Å². The van der Waals surface area contributed by atoms with Gasteiger partial charge >= 0.3 is 0 Å². The highest BCUT2D eigenvalue weighted by Crippen LogP contribution is 2.09.